The van der Waals surface area contributed by atoms with Crippen LogP contribution < -0.4 is 4.74 Å². The third-order valence-corrected chi connectivity index (χ3v) is 4.33. The van der Waals surface area contributed by atoms with Gasteiger partial charge in [-0.2, -0.15) is 18.3 Å². The van der Waals surface area contributed by atoms with Crippen LogP contribution in [0.15, 0.2) is 30.6 Å². The molecule has 2 aromatic heterocycles. The molecule has 1 atom stereocenters. The minimum Gasteiger partial charge on any atom is -0.475 e. The smallest absolute Gasteiger partial charge is 0.433 e. The molecule has 0 spiro atoms. The Labute approximate surface area is 154 Å². The Kier molecular flexibility index (Phi) is 5.38. The van der Waals surface area contributed by atoms with Gasteiger partial charge in [-0.25, -0.2) is 4.98 Å². The Bertz CT molecular complexity index is 787. The van der Waals surface area contributed by atoms with Crippen molar-refractivity contribution >= 4 is 5.91 Å². The minimum absolute atomic E-state index is 0.0289. The monoisotopic (exact) mass is 382 g/mol. The number of halogens is 3. The zero-order chi connectivity index (χ0) is 19.6. The molecule has 1 saturated heterocycles. The highest BCUT2D eigenvalue weighted by molar-refractivity contribution is 5.94. The topological polar surface area (TPSA) is 60.2 Å². The van der Waals surface area contributed by atoms with Crippen LogP contribution in [-0.4, -0.2) is 44.8 Å². The number of carbonyl (C=O) groups excluding carboxylic acids is 1. The third kappa shape index (κ3) is 4.40. The first kappa shape index (κ1) is 19.2. The number of alkyl halides is 3. The molecular weight excluding hydrogens is 361 g/mol. The van der Waals surface area contributed by atoms with Crippen LogP contribution in [0.5, 0.6) is 5.88 Å². The van der Waals surface area contributed by atoms with Gasteiger partial charge in [-0.1, -0.05) is 0 Å². The molecule has 146 valence electrons. The summed E-state index contributed by atoms with van der Waals surface area (Å²) in [4.78, 5) is 18.4. The largest absolute Gasteiger partial charge is 0.475 e. The van der Waals surface area contributed by atoms with Crippen LogP contribution >= 0.6 is 0 Å². The van der Waals surface area contributed by atoms with E-state index < -0.39 is 17.9 Å². The molecule has 3 rings (SSSR count). The number of amides is 1. The van der Waals surface area contributed by atoms with Gasteiger partial charge in [0.2, 0.25) is 5.88 Å². The summed E-state index contributed by atoms with van der Waals surface area (Å²) in [5, 5.41) is 3.84. The van der Waals surface area contributed by atoms with E-state index in [0.29, 0.717) is 30.8 Å². The fourth-order valence-electron chi connectivity index (χ4n) is 3.17. The normalized spacial score (nSPS) is 18.0. The SMILES string of the molecule is CC(C)Oc1ccc(C(=O)N2CCC[C@H](n3nccc3C(F)(F)F)C2)cn1. The quantitative estimate of drug-likeness (QED) is 0.811. The van der Waals surface area contributed by atoms with Crippen molar-refractivity contribution in [2.45, 2.75) is 45.0 Å². The van der Waals surface area contributed by atoms with Crippen molar-refractivity contribution < 1.29 is 22.7 Å². The summed E-state index contributed by atoms with van der Waals surface area (Å²) in [6.07, 6.45) is -0.791. The second-order valence-corrected chi connectivity index (χ2v) is 6.76. The van der Waals surface area contributed by atoms with Gasteiger partial charge >= 0.3 is 6.18 Å². The molecule has 2 aromatic rings. The molecule has 0 bridgehead atoms. The van der Waals surface area contributed by atoms with Gasteiger partial charge in [0.1, 0.15) is 5.69 Å². The maximum atomic E-state index is 13.1. The summed E-state index contributed by atoms with van der Waals surface area (Å²) in [5.41, 5.74) is -0.415. The van der Waals surface area contributed by atoms with E-state index in [1.165, 1.54) is 6.20 Å². The van der Waals surface area contributed by atoms with E-state index in [2.05, 4.69) is 10.1 Å². The number of ether oxygens (including phenoxy) is 1. The molecule has 0 unspecified atom stereocenters. The lowest BCUT2D eigenvalue weighted by Gasteiger charge is -2.33. The second-order valence-electron chi connectivity index (χ2n) is 6.76. The van der Waals surface area contributed by atoms with Gasteiger partial charge < -0.3 is 9.64 Å². The third-order valence-electron chi connectivity index (χ3n) is 4.33. The van der Waals surface area contributed by atoms with Crippen molar-refractivity contribution in [1.29, 1.82) is 0 Å². The second kappa shape index (κ2) is 7.58. The molecule has 0 aromatic carbocycles. The minimum atomic E-state index is -4.47. The van der Waals surface area contributed by atoms with E-state index in [-0.39, 0.29) is 18.6 Å². The average molecular weight is 382 g/mol. The Morgan fingerprint density at radius 1 is 1.30 bits per heavy atom. The lowest BCUT2D eigenvalue weighted by atomic mass is 10.0. The summed E-state index contributed by atoms with van der Waals surface area (Å²) in [6.45, 7) is 4.41. The first-order chi connectivity index (χ1) is 12.8. The Balaban J connectivity index is 1.73. The van der Waals surface area contributed by atoms with Crippen LogP contribution in [0, 0.1) is 0 Å². The maximum absolute atomic E-state index is 13.1. The van der Waals surface area contributed by atoms with Crippen molar-refractivity contribution in [3.63, 3.8) is 0 Å². The van der Waals surface area contributed by atoms with Gasteiger partial charge in [0.05, 0.1) is 17.7 Å². The Morgan fingerprint density at radius 3 is 2.70 bits per heavy atom. The van der Waals surface area contributed by atoms with Crippen molar-refractivity contribution in [3.8, 4) is 5.88 Å². The molecule has 0 saturated carbocycles. The zero-order valence-corrected chi connectivity index (χ0v) is 15.1. The summed E-state index contributed by atoms with van der Waals surface area (Å²) >= 11 is 0. The number of rotatable bonds is 4. The highest BCUT2D eigenvalue weighted by Crippen LogP contribution is 2.33. The van der Waals surface area contributed by atoms with Crippen molar-refractivity contribution in [1.82, 2.24) is 19.7 Å². The summed E-state index contributed by atoms with van der Waals surface area (Å²) in [5.74, 6) is 0.161. The molecule has 1 aliphatic heterocycles. The van der Waals surface area contributed by atoms with Gasteiger partial charge in [-0.3, -0.25) is 9.48 Å². The van der Waals surface area contributed by atoms with Crippen LogP contribution in [0.1, 0.15) is 48.8 Å². The predicted octanol–water partition coefficient (Wildman–Crippen LogP) is 3.56. The average Bonchev–Trinajstić information content (AvgIpc) is 3.12. The van der Waals surface area contributed by atoms with Crippen LogP contribution in [0.25, 0.3) is 0 Å². The van der Waals surface area contributed by atoms with Crippen molar-refractivity contribution in [3.05, 3.63) is 41.9 Å². The van der Waals surface area contributed by atoms with Crippen LogP contribution in [0.3, 0.4) is 0 Å². The number of carbonyl (C=O) groups is 1. The van der Waals surface area contributed by atoms with Gasteiger partial charge in [-0.05, 0) is 38.8 Å². The predicted molar refractivity (Wildman–Crippen MR) is 91.4 cm³/mol. The number of hydrogen-bond donors (Lipinski definition) is 0. The lowest BCUT2D eigenvalue weighted by Crippen LogP contribution is -2.41. The number of piperidine rings is 1. The highest BCUT2D eigenvalue weighted by Gasteiger charge is 2.37. The summed E-state index contributed by atoms with van der Waals surface area (Å²) in [6, 6.07) is 3.68. The molecule has 27 heavy (non-hydrogen) atoms. The fraction of sp³-hybridized carbons (Fsp3) is 0.500. The van der Waals surface area contributed by atoms with Crippen LogP contribution in [-0.2, 0) is 6.18 Å². The van der Waals surface area contributed by atoms with E-state index in [1.807, 2.05) is 13.8 Å². The van der Waals surface area contributed by atoms with Crippen molar-refractivity contribution in [2.24, 2.45) is 0 Å². The number of aromatic nitrogens is 3. The lowest BCUT2D eigenvalue weighted by molar-refractivity contribution is -0.145. The number of likely N-dealkylation sites (tertiary alicyclic amines) is 1. The molecule has 0 aliphatic carbocycles. The Hall–Kier alpha value is -2.58. The van der Waals surface area contributed by atoms with E-state index in [9.17, 15) is 18.0 Å². The van der Waals surface area contributed by atoms with E-state index in [0.717, 1.165) is 16.9 Å². The molecular formula is C18H21F3N4O2. The number of hydrogen-bond acceptors (Lipinski definition) is 4. The standard InChI is InChI=1S/C18H21F3N4O2/c1-12(2)27-16-6-5-13(10-22-16)17(26)24-9-3-4-14(11-24)25-15(7-8-23-25)18(19,20)21/h5-8,10,12,14H,3-4,9,11H2,1-2H3/t14-/m0/s1. The fourth-order valence-corrected chi connectivity index (χ4v) is 3.17. The van der Waals surface area contributed by atoms with Crippen LogP contribution in [0.4, 0.5) is 13.2 Å². The van der Waals surface area contributed by atoms with E-state index in [4.69, 9.17) is 4.74 Å². The first-order valence-electron chi connectivity index (χ1n) is 8.78. The molecule has 6 nitrogen and oxygen atoms in total. The molecule has 9 heteroatoms. The van der Waals surface area contributed by atoms with Gasteiger partial charge in [-0.15, -0.1) is 0 Å². The summed E-state index contributed by atoms with van der Waals surface area (Å²) < 4.78 is 45.8. The molecule has 1 aliphatic rings. The number of pyridine rings is 1. The first-order valence-corrected chi connectivity index (χ1v) is 8.78. The van der Waals surface area contributed by atoms with Gasteiger partial charge in [0, 0.05) is 31.5 Å². The highest BCUT2D eigenvalue weighted by atomic mass is 19.4. The van der Waals surface area contributed by atoms with Crippen molar-refractivity contribution in [2.75, 3.05) is 13.1 Å². The zero-order valence-electron chi connectivity index (χ0n) is 15.1. The van der Waals surface area contributed by atoms with E-state index >= 15 is 0 Å². The van der Waals surface area contributed by atoms with Gasteiger partial charge in [0.15, 0.2) is 0 Å². The molecule has 3 heterocycles. The number of nitrogens with zero attached hydrogens (tertiary/aromatic N) is 4. The van der Waals surface area contributed by atoms with Crippen LogP contribution in [0.2, 0.25) is 0 Å². The molecule has 0 N–H and O–H groups in total. The maximum Gasteiger partial charge on any atom is 0.433 e. The van der Waals surface area contributed by atoms with Gasteiger partial charge in [0.25, 0.3) is 5.91 Å². The molecule has 1 fully saturated rings. The Morgan fingerprint density at radius 2 is 2.07 bits per heavy atom. The van der Waals surface area contributed by atoms with E-state index in [1.54, 1.807) is 17.0 Å². The molecule has 0 radical (unpaired) electrons. The molecule has 1 amide bonds. The summed E-state index contributed by atoms with van der Waals surface area (Å²) in [7, 11) is 0.